The molecule has 0 atom stereocenters. The second-order valence-electron chi connectivity index (χ2n) is 4.24. The minimum absolute atomic E-state index is 0.222. The third-order valence-electron chi connectivity index (χ3n) is 2.91. The number of methoxy groups -OCH3 is 1. The number of aromatic nitrogens is 2. The minimum Gasteiger partial charge on any atom is -0.468 e. The van der Waals surface area contributed by atoms with Crippen molar-refractivity contribution in [3.05, 3.63) is 30.5 Å². The van der Waals surface area contributed by atoms with Gasteiger partial charge in [-0.05, 0) is 12.5 Å². The van der Waals surface area contributed by atoms with E-state index in [0.29, 0.717) is 0 Å². The van der Waals surface area contributed by atoms with Crippen molar-refractivity contribution in [1.82, 2.24) is 10.2 Å². The molecule has 0 unspecified atom stereocenters. The topological polar surface area (TPSA) is 55.3 Å². The van der Waals surface area contributed by atoms with E-state index in [1.54, 1.807) is 6.20 Å². The molecule has 2 aromatic rings. The fourth-order valence-electron chi connectivity index (χ4n) is 2.02. The number of carbonyl (C=O) groups is 1. The Morgan fingerprint density at radius 2 is 2.16 bits per heavy atom. The van der Waals surface area contributed by atoms with E-state index in [4.69, 9.17) is 4.74 Å². The summed E-state index contributed by atoms with van der Waals surface area (Å²) in [6, 6.07) is 7.77. The Labute approximate surface area is 112 Å². The molecule has 0 radical (unpaired) electrons. The predicted octanol–water partition coefficient (Wildman–Crippen LogP) is 2.02. The highest BCUT2D eigenvalue weighted by atomic mass is 16.5. The van der Waals surface area contributed by atoms with Gasteiger partial charge in [-0.2, -0.15) is 10.2 Å². The Morgan fingerprint density at radius 1 is 1.37 bits per heavy atom. The van der Waals surface area contributed by atoms with Gasteiger partial charge in [0, 0.05) is 11.9 Å². The molecule has 5 nitrogen and oxygen atoms in total. The average Bonchev–Trinajstić information content (AvgIpc) is 2.46. The zero-order valence-electron chi connectivity index (χ0n) is 11.2. The first-order valence-corrected chi connectivity index (χ1v) is 6.28. The summed E-state index contributed by atoms with van der Waals surface area (Å²) in [6.07, 6.45) is 2.63. The first-order valence-electron chi connectivity index (χ1n) is 6.28. The molecule has 0 spiro atoms. The summed E-state index contributed by atoms with van der Waals surface area (Å²) in [5.74, 6) is -0.255. The molecule has 0 aliphatic heterocycles. The molecule has 0 aliphatic rings. The summed E-state index contributed by atoms with van der Waals surface area (Å²) in [7, 11) is 1.40. The smallest absolute Gasteiger partial charge is 0.325 e. The standard InChI is InChI=1S/C14H17N3O2/c1-3-8-17(10-14(18)19-2)13-9-15-16-12-7-5-4-6-11(12)13/h4-7,9H,3,8,10H2,1-2H3. The van der Waals surface area contributed by atoms with Crippen LogP contribution in [-0.2, 0) is 9.53 Å². The lowest BCUT2D eigenvalue weighted by molar-refractivity contribution is -0.138. The van der Waals surface area contributed by atoms with Crippen LogP contribution >= 0.6 is 0 Å². The second-order valence-corrected chi connectivity index (χ2v) is 4.24. The quantitative estimate of drug-likeness (QED) is 0.769. The van der Waals surface area contributed by atoms with Crippen LogP contribution in [0.15, 0.2) is 30.5 Å². The highest BCUT2D eigenvalue weighted by Crippen LogP contribution is 2.24. The maximum Gasteiger partial charge on any atom is 0.325 e. The van der Waals surface area contributed by atoms with E-state index in [1.165, 1.54) is 7.11 Å². The van der Waals surface area contributed by atoms with E-state index >= 15 is 0 Å². The average molecular weight is 259 g/mol. The number of benzene rings is 1. The summed E-state index contributed by atoms with van der Waals surface area (Å²) < 4.78 is 4.74. The SMILES string of the molecule is CCCN(CC(=O)OC)c1cnnc2ccccc12. The van der Waals surface area contributed by atoms with E-state index in [0.717, 1.165) is 29.6 Å². The molecule has 19 heavy (non-hydrogen) atoms. The first-order chi connectivity index (χ1) is 9.26. The molecule has 0 amide bonds. The van der Waals surface area contributed by atoms with Crippen LogP contribution in [0, 0.1) is 0 Å². The van der Waals surface area contributed by atoms with Crippen LogP contribution < -0.4 is 4.90 Å². The Kier molecular flexibility index (Phi) is 4.28. The molecule has 1 aromatic heterocycles. The van der Waals surface area contributed by atoms with Crippen LogP contribution in [0.3, 0.4) is 0 Å². The lowest BCUT2D eigenvalue weighted by Crippen LogP contribution is -2.31. The van der Waals surface area contributed by atoms with Crippen LogP contribution in [0.1, 0.15) is 13.3 Å². The maximum absolute atomic E-state index is 11.5. The number of hydrogen-bond acceptors (Lipinski definition) is 5. The predicted molar refractivity (Wildman–Crippen MR) is 74.1 cm³/mol. The number of fused-ring (bicyclic) bond motifs is 1. The van der Waals surface area contributed by atoms with Gasteiger partial charge in [0.05, 0.1) is 24.5 Å². The molecule has 0 aliphatic carbocycles. The van der Waals surface area contributed by atoms with E-state index in [9.17, 15) is 4.79 Å². The van der Waals surface area contributed by atoms with Gasteiger partial charge in [0.2, 0.25) is 0 Å². The van der Waals surface area contributed by atoms with Crippen LogP contribution in [0.4, 0.5) is 5.69 Å². The van der Waals surface area contributed by atoms with Crippen molar-refractivity contribution < 1.29 is 9.53 Å². The minimum atomic E-state index is -0.255. The fraction of sp³-hybridized carbons (Fsp3) is 0.357. The largest absolute Gasteiger partial charge is 0.468 e. The Hall–Kier alpha value is -2.17. The van der Waals surface area contributed by atoms with Crippen LogP contribution in [0.2, 0.25) is 0 Å². The van der Waals surface area contributed by atoms with Gasteiger partial charge >= 0.3 is 5.97 Å². The maximum atomic E-state index is 11.5. The molecule has 0 fully saturated rings. The van der Waals surface area contributed by atoms with Gasteiger partial charge < -0.3 is 9.64 Å². The molecule has 5 heteroatoms. The van der Waals surface area contributed by atoms with Gasteiger partial charge in [-0.25, -0.2) is 0 Å². The van der Waals surface area contributed by atoms with Crippen LogP contribution in [-0.4, -0.2) is 36.4 Å². The van der Waals surface area contributed by atoms with E-state index in [2.05, 4.69) is 17.1 Å². The monoisotopic (exact) mass is 259 g/mol. The number of anilines is 1. The van der Waals surface area contributed by atoms with Gasteiger partial charge in [-0.15, -0.1) is 0 Å². The molecule has 0 bridgehead atoms. The summed E-state index contributed by atoms with van der Waals surface area (Å²) in [5.41, 5.74) is 1.74. The van der Waals surface area contributed by atoms with Crippen molar-refractivity contribution in [2.24, 2.45) is 0 Å². The van der Waals surface area contributed by atoms with Gasteiger partial charge in [-0.3, -0.25) is 4.79 Å². The number of hydrogen-bond donors (Lipinski definition) is 0. The molecule has 1 heterocycles. The highest BCUT2D eigenvalue weighted by molar-refractivity contribution is 5.92. The molecule has 0 N–H and O–H groups in total. The molecule has 0 saturated heterocycles. The number of carbonyl (C=O) groups excluding carboxylic acids is 1. The summed E-state index contributed by atoms with van der Waals surface area (Å²) in [5, 5.41) is 9.09. The summed E-state index contributed by atoms with van der Waals surface area (Å²) >= 11 is 0. The lowest BCUT2D eigenvalue weighted by atomic mass is 10.2. The van der Waals surface area contributed by atoms with Crippen molar-refractivity contribution in [1.29, 1.82) is 0 Å². The van der Waals surface area contributed by atoms with Crippen molar-refractivity contribution in [2.75, 3.05) is 25.1 Å². The zero-order chi connectivity index (χ0) is 13.7. The molecule has 2 rings (SSSR count). The van der Waals surface area contributed by atoms with Gasteiger partial charge in [-0.1, -0.05) is 25.1 Å². The summed E-state index contributed by atoms with van der Waals surface area (Å²) in [4.78, 5) is 13.5. The zero-order valence-corrected chi connectivity index (χ0v) is 11.2. The first kappa shape index (κ1) is 13.3. The second kappa shape index (κ2) is 6.13. The summed E-state index contributed by atoms with van der Waals surface area (Å²) in [6.45, 7) is 3.06. The van der Waals surface area contributed by atoms with E-state index < -0.39 is 0 Å². The van der Waals surface area contributed by atoms with Gasteiger partial charge in [0.25, 0.3) is 0 Å². The van der Waals surface area contributed by atoms with Crippen molar-refractivity contribution in [2.45, 2.75) is 13.3 Å². The molecule has 100 valence electrons. The number of rotatable bonds is 5. The normalized spacial score (nSPS) is 10.4. The number of nitrogens with zero attached hydrogens (tertiary/aromatic N) is 3. The van der Waals surface area contributed by atoms with Crippen molar-refractivity contribution in [3.8, 4) is 0 Å². The van der Waals surface area contributed by atoms with Gasteiger partial charge in [0.15, 0.2) is 0 Å². The van der Waals surface area contributed by atoms with Crippen molar-refractivity contribution in [3.63, 3.8) is 0 Å². The van der Waals surface area contributed by atoms with Crippen LogP contribution in [0.25, 0.3) is 10.9 Å². The lowest BCUT2D eigenvalue weighted by Gasteiger charge is -2.23. The fourth-order valence-corrected chi connectivity index (χ4v) is 2.02. The Morgan fingerprint density at radius 3 is 2.89 bits per heavy atom. The third kappa shape index (κ3) is 2.99. The third-order valence-corrected chi connectivity index (χ3v) is 2.91. The molecule has 0 saturated carbocycles. The van der Waals surface area contributed by atoms with E-state index in [1.807, 2.05) is 29.2 Å². The number of ether oxygens (including phenoxy) is 1. The number of esters is 1. The molecular formula is C14H17N3O2. The Bertz CT molecular complexity index is 566. The van der Waals surface area contributed by atoms with Crippen LogP contribution in [0.5, 0.6) is 0 Å². The Balaban J connectivity index is 2.40. The highest BCUT2D eigenvalue weighted by Gasteiger charge is 2.14. The molecular weight excluding hydrogens is 242 g/mol. The van der Waals surface area contributed by atoms with Crippen molar-refractivity contribution >= 4 is 22.6 Å². The van der Waals surface area contributed by atoms with E-state index in [-0.39, 0.29) is 12.5 Å². The van der Waals surface area contributed by atoms with Gasteiger partial charge in [0.1, 0.15) is 6.54 Å². The molecule has 1 aromatic carbocycles.